The van der Waals surface area contributed by atoms with Crippen molar-refractivity contribution in [1.82, 2.24) is 10.2 Å². The van der Waals surface area contributed by atoms with Gasteiger partial charge in [-0.2, -0.15) is 0 Å². The molecule has 2 amide bonds. The fourth-order valence-corrected chi connectivity index (χ4v) is 2.61. The Labute approximate surface area is 130 Å². The highest BCUT2D eigenvalue weighted by Gasteiger charge is 2.28. The quantitative estimate of drug-likeness (QED) is 0.929. The number of rotatable bonds is 4. The van der Waals surface area contributed by atoms with Crippen molar-refractivity contribution < 1.29 is 14.0 Å². The van der Waals surface area contributed by atoms with Gasteiger partial charge in [0, 0.05) is 30.6 Å². The molecule has 0 aromatic heterocycles. The molecule has 1 aromatic carbocycles. The Hall–Kier alpha value is -1.91. The molecule has 1 N–H and O–H groups in total. The first-order valence-electron chi connectivity index (χ1n) is 7.86. The number of halogens is 1. The summed E-state index contributed by atoms with van der Waals surface area (Å²) in [6, 6.07) is 5.91. The molecule has 2 rings (SSSR count). The molecule has 5 heteroatoms. The summed E-state index contributed by atoms with van der Waals surface area (Å²) < 4.78 is 13.2. The molecule has 1 aliphatic rings. The maximum atomic E-state index is 13.2. The van der Waals surface area contributed by atoms with Crippen LogP contribution in [0.4, 0.5) is 4.39 Å². The van der Waals surface area contributed by atoms with Crippen molar-refractivity contribution in [2.45, 2.75) is 39.2 Å². The molecule has 1 heterocycles. The van der Waals surface area contributed by atoms with Crippen LogP contribution in [0.25, 0.3) is 0 Å². The van der Waals surface area contributed by atoms with Gasteiger partial charge < -0.3 is 10.2 Å². The summed E-state index contributed by atoms with van der Waals surface area (Å²) in [5, 5.41) is 2.99. The van der Waals surface area contributed by atoms with Gasteiger partial charge in [0.05, 0.1) is 0 Å². The third kappa shape index (κ3) is 4.06. The summed E-state index contributed by atoms with van der Waals surface area (Å²) in [6.45, 7) is 5.09. The van der Waals surface area contributed by atoms with Gasteiger partial charge in [0.2, 0.25) is 5.91 Å². The predicted octanol–water partition coefficient (Wildman–Crippen LogP) is 2.59. The number of hydrogen-bond donors (Lipinski definition) is 1. The van der Waals surface area contributed by atoms with Crippen LogP contribution in [0.15, 0.2) is 24.3 Å². The Balaban J connectivity index is 1.89. The second kappa shape index (κ2) is 7.38. The standard InChI is InChI=1S/C17H23FN2O2/c1-3-12(2)19-16(21)13-7-9-20(10-8-13)17(22)14-5-4-6-15(18)11-14/h4-6,11-13H,3,7-10H2,1-2H3,(H,19,21)/t12-/m1/s1. The molecular formula is C17H23FN2O2. The summed E-state index contributed by atoms with van der Waals surface area (Å²) in [6.07, 6.45) is 2.22. The van der Waals surface area contributed by atoms with Gasteiger partial charge in [-0.3, -0.25) is 9.59 Å². The fourth-order valence-electron chi connectivity index (χ4n) is 2.61. The second-order valence-electron chi connectivity index (χ2n) is 5.89. The van der Waals surface area contributed by atoms with Crippen molar-refractivity contribution in [2.24, 2.45) is 5.92 Å². The Bertz CT molecular complexity index is 539. The number of amides is 2. The van der Waals surface area contributed by atoms with Crippen molar-refractivity contribution in [3.8, 4) is 0 Å². The minimum atomic E-state index is -0.409. The Morgan fingerprint density at radius 2 is 2.05 bits per heavy atom. The summed E-state index contributed by atoms with van der Waals surface area (Å²) >= 11 is 0. The molecule has 0 aliphatic carbocycles. The Morgan fingerprint density at radius 3 is 2.64 bits per heavy atom. The number of piperidine rings is 1. The highest BCUT2D eigenvalue weighted by atomic mass is 19.1. The third-order valence-electron chi connectivity index (χ3n) is 4.23. The lowest BCUT2D eigenvalue weighted by Gasteiger charge is -2.32. The van der Waals surface area contributed by atoms with Crippen molar-refractivity contribution in [1.29, 1.82) is 0 Å². The molecule has 0 bridgehead atoms. The molecule has 1 atom stereocenters. The first-order chi connectivity index (χ1) is 10.5. The number of nitrogens with one attached hydrogen (secondary N) is 1. The minimum absolute atomic E-state index is 0.0365. The number of carbonyl (C=O) groups is 2. The highest BCUT2D eigenvalue weighted by Crippen LogP contribution is 2.20. The number of likely N-dealkylation sites (tertiary alicyclic amines) is 1. The van der Waals surface area contributed by atoms with E-state index < -0.39 is 5.82 Å². The van der Waals surface area contributed by atoms with Crippen LogP contribution in [-0.4, -0.2) is 35.8 Å². The zero-order valence-corrected chi connectivity index (χ0v) is 13.1. The molecule has 22 heavy (non-hydrogen) atoms. The average molecular weight is 306 g/mol. The maximum absolute atomic E-state index is 13.2. The SMILES string of the molecule is CC[C@@H](C)NC(=O)C1CCN(C(=O)c2cccc(F)c2)CC1. The van der Waals surface area contributed by atoms with E-state index in [4.69, 9.17) is 0 Å². The molecule has 0 spiro atoms. The largest absolute Gasteiger partial charge is 0.353 e. The van der Waals surface area contributed by atoms with E-state index in [1.54, 1.807) is 11.0 Å². The van der Waals surface area contributed by atoms with Crippen LogP contribution in [0.5, 0.6) is 0 Å². The number of hydrogen-bond acceptors (Lipinski definition) is 2. The molecule has 1 saturated heterocycles. The van der Waals surface area contributed by atoms with E-state index in [-0.39, 0.29) is 23.8 Å². The second-order valence-corrected chi connectivity index (χ2v) is 5.89. The van der Waals surface area contributed by atoms with Gasteiger partial charge in [0.1, 0.15) is 5.82 Å². The summed E-state index contributed by atoms with van der Waals surface area (Å²) in [5.74, 6) is -0.535. The molecular weight excluding hydrogens is 283 g/mol. The van der Waals surface area contributed by atoms with Crippen LogP contribution in [0.2, 0.25) is 0 Å². The minimum Gasteiger partial charge on any atom is -0.353 e. The van der Waals surface area contributed by atoms with E-state index in [1.165, 1.54) is 18.2 Å². The number of benzene rings is 1. The van der Waals surface area contributed by atoms with E-state index in [1.807, 2.05) is 13.8 Å². The monoisotopic (exact) mass is 306 g/mol. The Kier molecular flexibility index (Phi) is 5.52. The number of carbonyl (C=O) groups excluding carboxylic acids is 2. The van der Waals surface area contributed by atoms with Crippen molar-refractivity contribution in [3.05, 3.63) is 35.6 Å². The van der Waals surface area contributed by atoms with Crippen LogP contribution in [0, 0.1) is 11.7 Å². The zero-order valence-electron chi connectivity index (χ0n) is 13.1. The number of nitrogens with zero attached hydrogens (tertiary/aromatic N) is 1. The van der Waals surface area contributed by atoms with E-state index in [9.17, 15) is 14.0 Å². The lowest BCUT2D eigenvalue weighted by molar-refractivity contribution is -0.126. The highest BCUT2D eigenvalue weighted by molar-refractivity contribution is 5.94. The summed E-state index contributed by atoms with van der Waals surface area (Å²) in [7, 11) is 0. The van der Waals surface area contributed by atoms with E-state index in [0.29, 0.717) is 31.5 Å². The van der Waals surface area contributed by atoms with Crippen LogP contribution in [0.1, 0.15) is 43.5 Å². The molecule has 0 unspecified atom stereocenters. The average Bonchev–Trinajstić information content (AvgIpc) is 2.54. The van der Waals surface area contributed by atoms with Crippen molar-refractivity contribution in [3.63, 3.8) is 0 Å². The van der Waals surface area contributed by atoms with Crippen molar-refractivity contribution >= 4 is 11.8 Å². The lowest BCUT2D eigenvalue weighted by atomic mass is 9.95. The van der Waals surface area contributed by atoms with E-state index >= 15 is 0 Å². The van der Waals surface area contributed by atoms with Crippen LogP contribution in [0.3, 0.4) is 0 Å². The van der Waals surface area contributed by atoms with Gasteiger partial charge in [-0.25, -0.2) is 4.39 Å². The smallest absolute Gasteiger partial charge is 0.253 e. The lowest BCUT2D eigenvalue weighted by Crippen LogP contribution is -2.44. The summed E-state index contributed by atoms with van der Waals surface area (Å²) in [4.78, 5) is 26.1. The molecule has 1 fully saturated rings. The van der Waals surface area contributed by atoms with Gasteiger partial charge >= 0.3 is 0 Å². The molecule has 0 saturated carbocycles. The van der Waals surface area contributed by atoms with Crippen molar-refractivity contribution in [2.75, 3.05) is 13.1 Å². The predicted molar refractivity (Wildman–Crippen MR) is 82.9 cm³/mol. The van der Waals surface area contributed by atoms with Gasteiger partial charge in [-0.05, 0) is 44.4 Å². The third-order valence-corrected chi connectivity index (χ3v) is 4.23. The fraction of sp³-hybridized carbons (Fsp3) is 0.529. The topological polar surface area (TPSA) is 49.4 Å². The van der Waals surface area contributed by atoms with Gasteiger partial charge in [-0.15, -0.1) is 0 Å². The molecule has 120 valence electrons. The van der Waals surface area contributed by atoms with Gasteiger partial charge in [-0.1, -0.05) is 13.0 Å². The molecule has 1 aromatic rings. The van der Waals surface area contributed by atoms with Crippen LogP contribution in [-0.2, 0) is 4.79 Å². The maximum Gasteiger partial charge on any atom is 0.253 e. The van der Waals surface area contributed by atoms with E-state index in [2.05, 4.69) is 5.32 Å². The molecule has 0 radical (unpaired) electrons. The molecule has 4 nitrogen and oxygen atoms in total. The first kappa shape index (κ1) is 16.5. The van der Waals surface area contributed by atoms with Gasteiger partial charge in [0.15, 0.2) is 0 Å². The van der Waals surface area contributed by atoms with Crippen LogP contribution >= 0.6 is 0 Å². The van der Waals surface area contributed by atoms with Crippen LogP contribution < -0.4 is 5.32 Å². The molecule has 1 aliphatic heterocycles. The zero-order chi connectivity index (χ0) is 16.1. The van der Waals surface area contributed by atoms with E-state index in [0.717, 1.165) is 6.42 Å². The summed E-state index contributed by atoms with van der Waals surface area (Å²) in [5.41, 5.74) is 0.363. The Morgan fingerprint density at radius 1 is 1.36 bits per heavy atom. The van der Waals surface area contributed by atoms with Gasteiger partial charge in [0.25, 0.3) is 5.91 Å². The first-order valence-corrected chi connectivity index (χ1v) is 7.86. The normalized spacial score (nSPS) is 17.1.